The topological polar surface area (TPSA) is 38.8 Å². The molecule has 25 heavy (non-hydrogen) atoms. The Balaban J connectivity index is 1.64. The van der Waals surface area contributed by atoms with Crippen molar-refractivity contribution in [2.75, 3.05) is 34.7 Å². The Hall–Kier alpha value is -1.75. The molecule has 1 amide bonds. The molecule has 0 aromatic heterocycles. The van der Waals surface area contributed by atoms with Crippen LogP contribution < -0.4 is 4.74 Å². The largest absolute Gasteiger partial charge is 0.489 e. The smallest absolute Gasteiger partial charge is 0.409 e. The molecule has 2 aliphatic heterocycles. The fourth-order valence-electron chi connectivity index (χ4n) is 4.94. The van der Waals surface area contributed by atoms with Gasteiger partial charge in [-0.2, -0.15) is 0 Å². The number of hydrogen-bond donors (Lipinski definition) is 0. The van der Waals surface area contributed by atoms with E-state index >= 15 is 0 Å². The van der Waals surface area contributed by atoms with Crippen LogP contribution in [0.5, 0.6) is 5.75 Å². The molecule has 0 N–H and O–H groups in total. The van der Waals surface area contributed by atoms with E-state index in [1.54, 1.807) is 14.1 Å². The molecule has 1 aromatic carbocycles. The zero-order valence-electron chi connectivity index (χ0n) is 15.7. The highest BCUT2D eigenvalue weighted by atomic mass is 16.6. The van der Waals surface area contributed by atoms with Gasteiger partial charge in [-0.25, -0.2) is 4.79 Å². The lowest BCUT2D eigenvalue weighted by Crippen LogP contribution is -2.48. The molecule has 3 aliphatic rings. The first-order chi connectivity index (χ1) is 11.8. The van der Waals surface area contributed by atoms with E-state index in [9.17, 15) is 4.79 Å². The Morgan fingerprint density at radius 1 is 1.32 bits per heavy atom. The molecular formula is C20H29N2O3+. The summed E-state index contributed by atoms with van der Waals surface area (Å²) in [6.45, 7) is 2.20. The Morgan fingerprint density at radius 2 is 2.12 bits per heavy atom. The summed E-state index contributed by atoms with van der Waals surface area (Å²) in [6.07, 6.45) is 3.71. The van der Waals surface area contributed by atoms with Gasteiger partial charge in [0.2, 0.25) is 0 Å². The van der Waals surface area contributed by atoms with E-state index in [0.29, 0.717) is 0 Å². The van der Waals surface area contributed by atoms with E-state index in [2.05, 4.69) is 32.3 Å². The van der Waals surface area contributed by atoms with Crippen molar-refractivity contribution in [1.82, 2.24) is 4.90 Å². The highest BCUT2D eigenvalue weighted by molar-refractivity contribution is 5.67. The van der Waals surface area contributed by atoms with Crippen LogP contribution in [0.1, 0.15) is 36.8 Å². The molecule has 5 nitrogen and oxygen atoms in total. The van der Waals surface area contributed by atoms with Crippen LogP contribution in [-0.2, 0) is 16.7 Å². The summed E-state index contributed by atoms with van der Waals surface area (Å²) in [5.74, 6) is 1.06. The van der Waals surface area contributed by atoms with Crippen LogP contribution >= 0.6 is 0 Å². The SMILES string of the molecule is CN(C)C(=O)O[C@H]1CC[C@@]23CC[N+](C)(C)Cc4cccc(c42)O[C@H]3C1. The van der Waals surface area contributed by atoms with Crippen molar-refractivity contribution in [3.05, 3.63) is 29.3 Å². The van der Waals surface area contributed by atoms with Crippen LogP contribution in [0.25, 0.3) is 0 Å². The van der Waals surface area contributed by atoms with Gasteiger partial charge < -0.3 is 18.9 Å². The van der Waals surface area contributed by atoms with Crippen LogP contribution in [0.4, 0.5) is 4.79 Å². The first-order valence-electron chi connectivity index (χ1n) is 9.30. The third-order valence-electron chi connectivity index (χ3n) is 6.28. The van der Waals surface area contributed by atoms with E-state index in [1.807, 2.05) is 0 Å². The molecule has 1 fully saturated rings. The lowest BCUT2D eigenvalue weighted by atomic mass is 9.65. The molecule has 1 aliphatic carbocycles. The van der Waals surface area contributed by atoms with Crippen LogP contribution in [0.3, 0.4) is 0 Å². The maximum absolute atomic E-state index is 11.9. The third-order valence-corrected chi connectivity index (χ3v) is 6.28. The van der Waals surface area contributed by atoms with E-state index in [1.165, 1.54) is 16.0 Å². The molecule has 1 saturated carbocycles. The predicted molar refractivity (Wildman–Crippen MR) is 95.6 cm³/mol. The average molecular weight is 345 g/mol. The quantitative estimate of drug-likeness (QED) is 0.735. The molecule has 1 spiro atoms. The highest BCUT2D eigenvalue weighted by Crippen LogP contribution is 2.55. The first kappa shape index (κ1) is 16.7. The number of carbonyl (C=O) groups excluding carboxylic acids is 1. The molecule has 0 unspecified atom stereocenters. The zero-order chi connectivity index (χ0) is 17.8. The summed E-state index contributed by atoms with van der Waals surface area (Å²) >= 11 is 0. The number of benzene rings is 1. The van der Waals surface area contributed by atoms with E-state index < -0.39 is 0 Å². The van der Waals surface area contributed by atoms with Crippen LogP contribution in [-0.4, -0.2) is 62.4 Å². The summed E-state index contributed by atoms with van der Waals surface area (Å²) in [5, 5.41) is 0. The van der Waals surface area contributed by atoms with E-state index in [-0.39, 0.29) is 23.7 Å². The number of hydrogen-bond acceptors (Lipinski definition) is 3. The highest BCUT2D eigenvalue weighted by Gasteiger charge is 2.55. The maximum atomic E-state index is 11.9. The number of rotatable bonds is 1. The maximum Gasteiger partial charge on any atom is 0.409 e. The minimum absolute atomic E-state index is 0.0472. The number of carbonyl (C=O) groups is 1. The van der Waals surface area contributed by atoms with Gasteiger partial charge in [0.05, 0.1) is 20.6 Å². The van der Waals surface area contributed by atoms with Crippen LogP contribution in [0.2, 0.25) is 0 Å². The van der Waals surface area contributed by atoms with Gasteiger partial charge in [0, 0.05) is 43.5 Å². The van der Waals surface area contributed by atoms with Crippen molar-refractivity contribution in [3.63, 3.8) is 0 Å². The van der Waals surface area contributed by atoms with Gasteiger partial charge in [-0.15, -0.1) is 0 Å². The van der Waals surface area contributed by atoms with Crippen molar-refractivity contribution in [2.24, 2.45) is 0 Å². The molecule has 3 atom stereocenters. The van der Waals surface area contributed by atoms with Crippen LogP contribution in [0, 0.1) is 0 Å². The number of quaternary nitrogens is 1. The molecule has 2 heterocycles. The summed E-state index contributed by atoms with van der Waals surface area (Å²) in [4.78, 5) is 13.4. The van der Waals surface area contributed by atoms with Gasteiger partial charge in [-0.05, 0) is 18.9 Å². The average Bonchev–Trinajstić information content (AvgIpc) is 2.81. The summed E-state index contributed by atoms with van der Waals surface area (Å²) in [7, 11) is 8.09. The normalized spacial score (nSPS) is 32.0. The molecular weight excluding hydrogens is 316 g/mol. The second-order valence-corrected chi connectivity index (χ2v) is 8.79. The summed E-state index contributed by atoms with van der Waals surface area (Å²) in [5.41, 5.74) is 2.98. The standard InChI is InChI=1S/C20H29N2O3/c1-21(2)19(23)24-15-8-9-20-10-11-22(3,4)13-14-6-5-7-16(18(14)20)25-17(20)12-15/h5-7,15,17H,8-13H2,1-4H3/q+1/t15-,17-,20-/m0/s1. The number of amides is 1. The van der Waals surface area contributed by atoms with Gasteiger partial charge in [0.15, 0.2) is 0 Å². The monoisotopic (exact) mass is 345 g/mol. The van der Waals surface area contributed by atoms with E-state index in [4.69, 9.17) is 9.47 Å². The van der Waals surface area contributed by atoms with Gasteiger partial charge in [0.25, 0.3) is 0 Å². The van der Waals surface area contributed by atoms with Crippen molar-refractivity contribution in [2.45, 2.75) is 49.9 Å². The van der Waals surface area contributed by atoms with Crippen molar-refractivity contribution < 1.29 is 18.8 Å². The van der Waals surface area contributed by atoms with Gasteiger partial charge in [-0.3, -0.25) is 0 Å². The van der Waals surface area contributed by atoms with Crippen molar-refractivity contribution in [1.29, 1.82) is 0 Å². The Bertz CT molecular complexity index is 700. The lowest BCUT2D eigenvalue weighted by Gasteiger charge is -2.41. The summed E-state index contributed by atoms with van der Waals surface area (Å²) < 4.78 is 13.1. The fraction of sp³-hybridized carbons (Fsp3) is 0.650. The molecule has 5 heteroatoms. The molecule has 0 radical (unpaired) electrons. The lowest BCUT2D eigenvalue weighted by molar-refractivity contribution is -0.903. The van der Waals surface area contributed by atoms with E-state index in [0.717, 1.165) is 49.0 Å². The Morgan fingerprint density at radius 3 is 2.88 bits per heavy atom. The van der Waals surface area contributed by atoms with Crippen LogP contribution in [0.15, 0.2) is 18.2 Å². The second-order valence-electron chi connectivity index (χ2n) is 8.79. The van der Waals surface area contributed by atoms with Gasteiger partial charge >= 0.3 is 6.09 Å². The summed E-state index contributed by atoms with van der Waals surface area (Å²) in [6, 6.07) is 6.51. The second kappa shape index (κ2) is 5.63. The van der Waals surface area contributed by atoms with Gasteiger partial charge in [-0.1, -0.05) is 12.1 Å². The zero-order valence-corrected chi connectivity index (χ0v) is 15.7. The Labute approximate surface area is 150 Å². The van der Waals surface area contributed by atoms with Crippen molar-refractivity contribution >= 4 is 6.09 Å². The Kier molecular flexibility index (Phi) is 3.76. The first-order valence-corrected chi connectivity index (χ1v) is 9.30. The fourth-order valence-corrected chi connectivity index (χ4v) is 4.94. The third kappa shape index (κ3) is 2.69. The number of nitrogens with zero attached hydrogens (tertiary/aromatic N) is 2. The molecule has 4 rings (SSSR count). The minimum atomic E-state index is -0.254. The molecule has 136 valence electrons. The minimum Gasteiger partial charge on any atom is -0.489 e. The molecule has 1 aromatic rings. The molecule has 0 bridgehead atoms. The van der Waals surface area contributed by atoms with Crippen molar-refractivity contribution in [3.8, 4) is 5.75 Å². The number of ether oxygens (including phenoxy) is 2. The molecule has 0 saturated heterocycles. The van der Waals surface area contributed by atoms with Gasteiger partial charge in [0.1, 0.15) is 24.5 Å². The predicted octanol–water partition coefficient (Wildman–Crippen LogP) is 2.92.